The Morgan fingerprint density at radius 1 is 0.909 bits per heavy atom. The third kappa shape index (κ3) is 9.56. The molecular formula is C8H19N3. The van der Waals surface area contributed by atoms with Gasteiger partial charge >= 0.3 is 0 Å². The van der Waals surface area contributed by atoms with E-state index in [2.05, 4.69) is 5.11 Å². The van der Waals surface area contributed by atoms with E-state index in [0.717, 1.165) is 19.4 Å². The molecule has 3 heteroatoms. The number of hydrogen-bond acceptors (Lipinski definition) is 3. The summed E-state index contributed by atoms with van der Waals surface area (Å²) in [7, 11) is 0. The summed E-state index contributed by atoms with van der Waals surface area (Å²) in [5.41, 5.74) is 11.9. The quantitative estimate of drug-likeness (QED) is 0.412. The van der Waals surface area contributed by atoms with E-state index in [1.165, 1.54) is 25.7 Å². The summed E-state index contributed by atoms with van der Waals surface area (Å²) in [4.78, 5) is 0. The van der Waals surface area contributed by atoms with Crippen LogP contribution in [0.5, 0.6) is 0 Å². The molecule has 0 unspecified atom stereocenters. The van der Waals surface area contributed by atoms with Gasteiger partial charge in [-0.2, -0.15) is 5.11 Å². The van der Waals surface area contributed by atoms with Crippen LogP contribution in [-0.2, 0) is 0 Å². The second-order valence-electron chi connectivity index (χ2n) is 2.79. The highest BCUT2D eigenvalue weighted by Gasteiger charge is 1.88. The van der Waals surface area contributed by atoms with Gasteiger partial charge in [0.05, 0.1) is 6.54 Å². The molecule has 0 heterocycles. The molecule has 0 amide bonds. The summed E-state index contributed by atoms with van der Waals surface area (Å²) < 4.78 is 0. The molecule has 3 N–H and O–H groups in total. The van der Waals surface area contributed by atoms with Crippen molar-refractivity contribution in [3.05, 3.63) is 0 Å². The predicted molar refractivity (Wildman–Crippen MR) is 46.8 cm³/mol. The highest BCUT2D eigenvalue weighted by Crippen LogP contribution is 2.04. The zero-order valence-corrected chi connectivity index (χ0v) is 7.18. The van der Waals surface area contributed by atoms with Crippen molar-refractivity contribution in [2.45, 2.75) is 38.5 Å². The van der Waals surface area contributed by atoms with Gasteiger partial charge in [-0.15, -0.1) is 0 Å². The van der Waals surface area contributed by atoms with Crippen molar-refractivity contribution < 1.29 is 0 Å². The number of hydrogen-bond donors (Lipinski definition) is 2. The third-order valence-corrected chi connectivity index (χ3v) is 1.72. The van der Waals surface area contributed by atoms with Crippen LogP contribution < -0.4 is 5.73 Å². The molecular weight excluding hydrogens is 138 g/mol. The van der Waals surface area contributed by atoms with Gasteiger partial charge in [-0.1, -0.05) is 25.7 Å². The Morgan fingerprint density at radius 2 is 1.45 bits per heavy atom. The number of unbranched alkanes of at least 4 members (excludes halogenated alkanes) is 5. The monoisotopic (exact) mass is 157 g/mol. The maximum absolute atomic E-state index is 6.56. The Balaban J connectivity index is 2.74. The Labute approximate surface area is 68.9 Å². The first-order chi connectivity index (χ1) is 5.41. The van der Waals surface area contributed by atoms with Crippen molar-refractivity contribution in [2.24, 2.45) is 10.8 Å². The first-order valence-corrected chi connectivity index (χ1v) is 4.45. The van der Waals surface area contributed by atoms with E-state index in [-0.39, 0.29) is 0 Å². The molecule has 0 aliphatic carbocycles. The molecule has 0 spiro atoms. The van der Waals surface area contributed by atoms with Crippen LogP contribution in [0.15, 0.2) is 5.11 Å². The van der Waals surface area contributed by atoms with Crippen LogP contribution in [0.4, 0.5) is 0 Å². The zero-order valence-electron chi connectivity index (χ0n) is 7.18. The molecule has 0 radical (unpaired) electrons. The second kappa shape index (κ2) is 9.56. The summed E-state index contributed by atoms with van der Waals surface area (Å²) in [5, 5.41) is 3.30. The maximum atomic E-state index is 6.56. The molecule has 0 aliphatic rings. The average molecular weight is 157 g/mol. The fourth-order valence-corrected chi connectivity index (χ4v) is 1.04. The second-order valence-corrected chi connectivity index (χ2v) is 2.79. The smallest absolute Gasteiger partial charge is 0.0596 e. The Hall–Kier alpha value is -0.440. The first-order valence-electron chi connectivity index (χ1n) is 4.45. The SMILES string of the molecule is N=NCCCCCCCCN. The van der Waals surface area contributed by atoms with Crippen LogP contribution in [0.3, 0.4) is 0 Å². The normalized spacial score (nSPS) is 9.91. The fourth-order valence-electron chi connectivity index (χ4n) is 1.04. The Morgan fingerprint density at radius 3 is 2.00 bits per heavy atom. The lowest BCUT2D eigenvalue weighted by Gasteiger charge is -1.97. The molecule has 0 fully saturated rings. The van der Waals surface area contributed by atoms with Crippen molar-refractivity contribution >= 4 is 0 Å². The minimum absolute atomic E-state index is 0.705. The van der Waals surface area contributed by atoms with Gasteiger partial charge in [-0.05, 0) is 19.4 Å². The van der Waals surface area contributed by atoms with Gasteiger partial charge in [0.1, 0.15) is 0 Å². The molecule has 3 nitrogen and oxygen atoms in total. The third-order valence-electron chi connectivity index (χ3n) is 1.72. The minimum atomic E-state index is 0.705. The van der Waals surface area contributed by atoms with Crippen LogP contribution in [0.1, 0.15) is 38.5 Å². The number of rotatable bonds is 8. The lowest BCUT2D eigenvalue weighted by Crippen LogP contribution is -1.97. The number of nitrogens with two attached hydrogens (primary N) is 1. The van der Waals surface area contributed by atoms with Gasteiger partial charge in [0, 0.05) is 0 Å². The van der Waals surface area contributed by atoms with Gasteiger partial charge in [0.15, 0.2) is 0 Å². The van der Waals surface area contributed by atoms with Gasteiger partial charge < -0.3 is 5.73 Å². The molecule has 0 aromatic carbocycles. The maximum Gasteiger partial charge on any atom is 0.0596 e. The summed E-state index contributed by atoms with van der Waals surface area (Å²) in [5.74, 6) is 0. The molecule has 0 bridgehead atoms. The molecule has 0 aromatic rings. The molecule has 11 heavy (non-hydrogen) atoms. The van der Waals surface area contributed by atoms with Crippen molar-refractivity contribution in [3.63, 3.8) is 0 Å². The lowest BCUT2D eigenvalue weighted by atomic mass is 10.1. The van der Waals surface area contributed by atoms with E-state index in [0.29, 0.717) is 6.54 Å². The summed E-state index contributed by atoms with van der Waals surface area (Å²) >= 11 is 0. The molecule has 0 saturated carbocycles. The topological polar surface area (TPSA) is 62.2 Å². The van der Waals surface area contributed by atoms with E-state index in [1.807, 2.05) is 0 Å². The summed E-state index contributed by atoms with van der Waals surface area (Å²) in [6, 6.07) is 0. The largest absolute Gasteiger partial charge is 0.330 e. The van der Waals surface area contributed by atoms with E-state index < -0.39 is 0 Å². The number of nitrogens with one attached hydrogen (secondary N) is 1. The van der Waals surface area contributed by atoms with E-state index in [9.17, 15) is 0 Å². The van der Waals surface area contributed by atoms with Gasteiger partial charge in [-0.25, -0.2) is 5.53 Å². The zero-order chi connectivity index (χ0) is 8.36. The van der Waals surface area contributed by atoms with Crippen molar-refractivity contribution in [1.29, 1.82) is 5.53 Å². The molecule has 0 aromatic heterocycles. The molecule has 0 saturated heterocycles. The van der Waals surface area contributed by atoms with E-state index >= 15 is 0 Å². The highest BCUT2D eigenvalue weighted by atomic mass is 14.9. The van der Waals surface area contributed by atoms with E-state index in [4.69, 9.17) is 11.3 Å². The minimum Gasteiger partial charge on any atom is -0.330 e. The van der Waals surface area contributed by atoms with Gasteiger partial charge in [0.2, 0.25) is 0 Å². The van der Waals surface area contributed by atoms with Crippen LogP contribution in [0, 0.1) is 5.53 Å². The standard InChI is InChI=1S/C8H19N3/c9-7-5-3-1-2-4-6-8-11-10/h10H,1-9H2. The van der Waals surface area contributed by atoms with Crippen molar-refractivity contribution in [1.82, 2.24) is 0 Å². The summed E-state index contributed by atoms with van der Waals surface area (Å²) in [6.07, 6.45) is 7.27. The van der Waals surface area contributed by atoms with Crippen molar-refractivity contribution in [2.75, 3.05) is 13.1 Å². The summed E-state index contributed by atoms with van der Waals surface area (Å²) in [6.45, 7) is 1.53. The number of nitrogens with zero attached hydrogens (tertiary/aromatic N) is 1. The fraction of sp³-hybridized carbons (Fsp3) is 1.00. The first kappa shape index (κ1) is 10.6. The molecule has 0 aliphatic heterocycles. The average Bonchev–Trinajstić information content (AvgIpc) is 2.03. The Bertz CT molecular complexity index is 83.4. The van der Waals surface area contributed by atoms with Crippen LogP contribution in [0.2, 0.25) is 0 Å². The molecule has 66 valence electrons. The van der Waals surface area contributed by atoms with Crippen LogP contribution >= 0.6 is 0 Å². The van der Waals surface area contributed by atoms with Crippen LogP contribution in [0.25, 0.3) is 0 Å². The van der Waals surface area contributed by atoms with Gasteiger partial charge in [-0.3, -0.25) is 0 Å². The molecule has 0 rings (SSSR count). The predicted octanol–water partition coefficient (Wildman–Crippen LogP) is 2.32. The molecule has 0 atom stereocenters. The van der Waals surface area contributed by atoms with Crippen LogP contribution in [-0.4, -0.2) is 13.1 Å². The highest BCUT2D eigenvalue weighted by molar-refractivity contribution is 4.46. The van der Waals surface area contributed by atoms with Crippen molar-refractivity contribution in [3.8, 4) is 0 Å². The van der Waals surface area contributed by atoms with Gasteiger partial charge in [0.25, 0.3) is 0 Å². The lowest BCUT2D eigenvalue weighted by molar-refractivity contribution is 0.596. The Kier molecular flexibility index (Phi) is 9.18. The van der Waals surface area contributed by atoms with E-state index in [1.54, 1.807) is 0 Å².